The summed E-state index contributed by atoms with van der Waals surface area (Å²) >= 11 is 0. The van der Waals surface area contributed by atoms with Crippen LogP contribution in [-0.2, 0) is 9.53 Å². The van der Waals surface area contributed by atoms with E-state index in [1.807, 2.05) is 0 Å². The van der Waals surface area contributed by atoms with E-state index < -0.39 is 0 Å². The first-order valence-corrected chi connectivity index (χ1v) is 10.1. The van der Waals surface area contributed by atoms with Gasteiger partial charge in [0.05, 0.1) is 6.61 Å². The SMILES string of the molecule is C=C1C[C@@]23CC[C@@H]4[C@@](C)(COC(C)=O)CCC[C@@]4(C)[C@@H]2CC[C@@H]1C3. The first-order chi connectivity index (χ1) is 11.3. The molecule has 0 N–H and O–H groups in total. The van der Waals surface area contributed by atoms with E-state index >= 15 is 0 Å². The van der Waals surface area contributed by atoms with Crippen LogP contribution in [0.2, 0.25) is 0 Å². The van der Waals surface area contributed by atoms with Crippen LogP contribution in [0.25, 0.3) is 0 Å². The molecule has 4 aliphatic rings. The van der Waals surface area contributed by atoms with Gasteiger partial charge in [-0.15, -0.1) is 0 Å². The third-order valence-electron chi connectivity index (χ3n) is 8.79. The highest BCUT2D eigenvalue weighted by molar-refractivity contribution is 5.65. The van der Waals surface area contributed by atoms with E-state index in [1.165, 1.54) is 57.8 Å². The van der Waals surface area contributed by atoms with Crippen LogP contribution >= 0.6 is 0 Å². The van der Waals surface area contributed by atoms with E-state index in [0.29, 0.717) is 23.4 Å². The zero-order chi connectivity index (χ0) is 17.2. The molecular weight excluding hydrogens is 296 g/mol. The molecule has 4 fully saturated rings. The maximum atomic E-state index is 11.4. The number of hydrogen-bond acceptors (Lipinski definition) is 2. The Labute approximate surface area is 147 Å². The van der Waals surface area contributed by atoms with Crippen molar-refractivity contribution in [2.24, 2.45) is 34.0 Å². The van der Waals surface area contributed by atoms with Crippen LogP contribution in [-0.4, -0.2) is 12.6 Å². The molecule has 4 saturated carbocycles. The first-order valence-electron chi connectivity index (χ1n) is 10.1. The molecule has 1 spiro atoms. The number of rotatable bonds is 2. The maximum Gasteiger partial charge on any atom is 0.302 e. The standard InChI is InChI=1S/C22H34O2/c1-15-12-22-11-8-18-20(3,14-24-16(2)23)9-5-10-21(18,4)19(22)7-6-17(15)13-22/h17-19H,1,5-14H2,2-4H3/t17-,18-,19+,20-,21-,22-/m1/s1. The van der Waals surface area contributed by atoms with Crippen molar-refractivity contribution >= 4 is 5.97 Å². The molecule has 2 bridgehead atoms. The fourth-order valence-corrected chi connectivity index (χ4v) is 7.93. The summed E-state index contributed by atoms with van der Waals surface area (Å²) in [5.74, 6) is 2.26. The molecule has 0 aliphatic heterocycles. The monoisotopic (exact) mass is 330 g/mol. The third-order valence-corrected chi connectivity index (χ3v) is 8.79. The van der Waals surface area contributed by atoms with Crippen LogP contribution in [0.15, 0.2) is 12.2 Å². The lowest BCUT2D eigenvalue weighted by Crippen LogP contribution is -2.57. The van der Waals surface area contributed by atoms with Crippen LogP contribution < -0.4 is 0 Å². The molecule has 6 atom stereocenters. The minimum absolute atomic E-state index is 0.122. The Morgan fingerprint density at radius 3 is 2.71 bits per heavy atom. The van der Waals surface area contributed by atoms with Crippen molar-refractivity contribution in [3.8, 4) is 0 Å². The van der Waals surface area contributed by atoms with Gasteiger partial charge >= 0.3 is 5.97 Å². The average molecular weight is 331 g/mol. The van der Waals surface area contributed by atoms with E-state index in [1.54, 1.807) is 12.5 Å². The highest BCUT2D eigenvalue weighted by Gasteiger charge is 2.63. The molecule has 2 nitrogen and oxygen atoms in total. The molecule has 0 unspecified atom stereocenters. The summed E-state index contributed by atoms with van der Waals surface area (Å²) in [7, 11) is 0. The van der Waals surface area contributed by atoms with Crippen molar-refractivity contribution in [3.05, 3.63) is 12.2 Å². The predicted molar refractivity (Wildman–Crippen MR) is 96.4 cm³/mol. The van der Waals surface area contributed by atoms with Gasteiger partial charge in [-0.2, -0.15) is 0 Å². The van der Waals surface area contributed by atoms with Gasteiger partial charge in [0.2, 0.25) is 0 Å². The minimum atomic E-state index is -0.122. The smallest absolute Gasteiger partial charge is 0.302 e. The van der Waals surface area contributed by atoms with Gasteiger partial charge in [0.1, 0.15) is 0 Å². The quantitative estimate of drug-likeness (QED) is 0.492. The van der Waals surface area contributed by atoms with E-state index in [-0.39, 0.29) is 11.4 Å². The minimum Gasteiger partial charge on any atom is -0.465 e. The van der Waals surface area contributed by atoms with Gasteiger partial charge in [-0.3, -0.25) is 4.79 Å². The van der Waals surface area contributed by atoms with Crippen LogP contribution in [0.5, 0.6) is 0 Å². The Kier molecular flexibility index (Phi) is 3.72. The number of carbonyl (C=O) groups excluding carboxylic acids is 1. The summed E-state index contributed by atoms with van der Waals surface area (Å²) < 4.78 is 5.54. The molecule has 0 radical (unpaired) electrons. The number of carbonyl (C=O) groups is 1. The van der Waals surface area contributed by atoms with Gasteiger partial charge in [-0.05, 0) is 80.0 Å². The van der Waals surface area contributed by atoms with Gasteiger partial charge < -0.3 is 4.74 Å². The molecule has 0 aromatic rings. The Morgan fingerprint density at radius 1 is 1.17 bits per heavy atom. The molecule has 134 valence electrons. The first kappa shape index (κ1) is 16.7. The Balaban J connectivity index is 1.64. The Hall–Kier alpha value is -0.790. The van der Waals surface area contributed by atoms with Crippen LogP contribution in [0, 0.1) is 34.0 Å². The number of ether oxygens (including phenoxy) is 1. The molecule has 4 aliphatic carbocycles. The highest BCUT2D eigenvalue weighted by Crippen LogP contribution is 2.72. The largest absolute Gasteiger partial charge is 0.465 e. The summed E-state index contributed by atoms with van der Waals surface area (Å²) in [6, 6.07) is 0. The molecule has 0 aromatic heterocycles. The summed E-state index contributed by atoms with van der Waals surface area (Å²) in [4.78, 5) is 11.4. The van der Waals surface area contributed by atoms with Crippen molar-refractivity contribution in [2.75, 3.05) is 6.61 Å². The van der Waals surface area contributed by atoms with Crippen molar-refractivity contribution in [2.45, 2.75) is 78.6 Å². The number of fused-ring (bicyclic) bond motifs is 3. The topological polar surface area (TPSA) is 26.3 Å². The van der Waals surface area contributed by atoms with Gasteiger partial charge in [-0.25, -0.2) is 0 Å². The van der Waals surface area contributed by atoms with Gasteiger partial charge in [0, 0.05) is 12.3 Å². The van der Waals surface area contributed by atoms with Crippen LogP contribution in [0.4, 0.5) is 0 Å². The van der Waals surface area contributed by atoms with Crippen molar-refractivity contribution in [3.63, 3.8) is 0 Å². The van der Waals surface area contributed by atoms with E-state index in [2.05, 4.69) is 20.4 Å². The van der Waals surface area contributed by atoms with Crippen LogP contribution in [0.3, 0.4) is 0 Å². The second-order valence-corrected chi connectivity index (χ2v) is 10.1. The molecule has 0 amide bonds. The fraction of sp³-hybridized carbons (Fsp3) is 0.864. The summed E-state index contributed by atoms with van der Waals surface area (Å²) in [6.45, 7) is 11.6. The normalized spacial score (nSPS) is 50.1. The zero-order valence-electron chi connectivity index (χ0n) is 15.8. The average Bonchev–Trinajstić information content (AvgIpc) is 2.74. The molecule has 0 saturated heterocycles. The Morgan fingerprint density at radius 2 is 1.96 bits per heavy atom. The second-order valence-electron chi connectivity index (χ2n) is 10.1. The third kappa shape index (κ3) is 2.24. The molecule has 2 heteroatoms. The predicted octanol–water partition coefficient (Wildman–Crippen LogP) is 5.52. The molecule has 0 aromatic carbocycles. The van der Waals surface area contributed by atoms with Crippen molar-refractivity contribution < 1.29 is 9.53 Å². The van der Waals surface area contributed by atoms with E-state index in [4.69, 9.17) is 4.74 Å². The van der Waals surface area contributed by atoms with Gasteiger partial charge in [-0.1, -0.05) is 32.4 Å². The number of allylic oxidation sites excluding steroid dienone is 1. The van der Waals surface area contributed by atoms with Gasteiger partial charge in [0.25, 0.3) is 0 Å². The number of esters is 1. The lowest BCUT2D eigenvalue weighted by molar-refractivity contribution is -0.172. The van der Waals surface area contributed by atoms with Gasteiger partial charge in [0.15, 0.2) is 0 Å². The second kappa shape index (κ2) is 5.35. The highest BCUT2D eigenvalue weighted by atomic mass is 16.5. The number of hydrogen-bond donors (Lipinski definition) is 0. The summed E-state index contributed by atoms with van der Waals surface area (Å²) in [5, 5.41) is 0. The zero-order valence-corrected chi connectivity index (χ0v) is 15.8. The Bertz CT molecular complexity index is 566. The van der Waals surface area contributed by atoms with E-state index in [0.717, 1.165) is 11.8 Å². The van der Waals surface area contributed by atoms with E-state index in [9.17, 15) is 4.79 Å². The maximum absolute atomic E-state index is 11.4. The lowest BCUT2D eigenvalue weighted by Gasteiger charge is -2.64. The lowest BCUT2D eigenvalue weighted by atomic mass is 9.41. The van der Waals surface area contributed by atoms with Crippen molar-refractivity contribution in [1.82, 2.24) is 0 Å². The summed E-state index contributed by atoms with van der Waals surface area (Å²) in [6.07, 6.45) is 12.1. The fourth-order valence-electron chi connectivity index (χ4n) is 7.93. The molecular formula is C22H34O2. The van der Waals surface area contributed by atoms with Crippen LogP contribution in [0.1, 0.15) is 78.6 Å². The summed E-state index contributed by atoms with van der Waals surface area (Å²) in [5.41, 5.74) is 2.72. The van der Waals surface area contributed by atoms with Crippen molar-refractivity contribution in [1.29, 1.82) is 0 Å². The molecule has 0 heterocycles. The molecule has 4 rings (SSSR count). The molecule has 24 heavy (non-hydrogen) atoms.